The summed E-state index contributed by atoms with van der Waals surface area (Å²) < 4.78 is 11.5. The Bertz CT molecular complexity index is 1410. The van der Waals surface area contributed by atoms with Crippen molar-refractivity contribution in [2.75, 3.05) is 5.32 Å². The molecule has 3 aromatic carbocycles. The predicted octanol–water partition coefficient (Wildman–Crippen LogP) is 7.04. The standard InChI is InChI=1S/C24H18Cl3N3O3S/c1-12-3-7-21-19(9-12)28-23(33-21)14-4-6-16(26)18(10-14)29-24(34)30-22(31)13(2)32-20-8-5-15(25)11-17(20)27/h3-11,13H,1-2H3,(H2,29,30,31,34). The van der Waals surface area contributed by atoms with Gasteiger partial charge in [-0.25, -0.2) is 4.98 Å². The Hall–Kier alpha value is -2.84. The van der Waals surface area contributed by atoms with Crippen LogP contribution in [0, 0.1) is 6.92 Å². The molecule has 0 aliphatic rings. The number of anilines is 1. The first kappa shape index (κ1) is 24.3. The average Bonchev–Trinajstić information content (AvgIpc) is 3.20. The molecule has 174 valence electrons. The first-order valence-corrected chi connectivity index (χ1v) is 11.6. The van der Waals surface area contributed by atoms with E-state index in [1.807, 2.05) is 25.1 Å². The van der Waals surface area contributed by atoms with Gasteiger partial charge in [-0.05, 0) is 80.2 Å². The number of nitrogens with zero attached hydrogens (tertiary/aromatic N) is 1. The Morgan fingerprint density at radius 2 is 1.85 bits per heavy atom. The largest absolute Gasteiger partial charge is 0.479 e. The van der Waals surface area contributed by atoms with Crippen LogP contribution in [0.25, 0.3) is 22.6 Å². The quantitative estimate of drug-likeness (QED) is 0.267. The maximum absolute atomic E-state index is 12.5. The summed E-state index contributed by atoms with van der Waals surface area (Å²) in [6.45, 7) is 3.56. The fraction of sp³-hybridized carbons (Fsp3) is 0.125. The van der Waals surface area contributed by atoms with Crippen LogP contribution in [0.2, 0.25) is 15.1 Å². The molecule has 0 spiro atoms. The van der Waals surface area contributed by atoms with Gasteiger partial charge in [0.1, 0.15) is 11.3 Å². The Morgan fingerprint density at radius 3 is 2.62 bits per heavy atom. The molecule has 1 heterocycles. The van der Waals surface area contributed by atoms with E-state index in [1.54, 1.807) is 37.3 Å². The van der Waals surface area contributed by atoms with Gasteiger partial charge in [-0.2, -0.15) is 0 Å². The minimum atomic E-state index is -0.872. The van der Waals surface area contributed by atoms with Crippen molar-refractivity contribution in [3.05, 3.63) is 75.2 Å². The van der Waals surface area contributed by atoms with Crippen molar-refractivity contribution in [3.63, 3.8) is 0 Å². The molecule has 0 aliphatic carbocycles. The van der Waals surface area contributed by atoms with Crippen LogP contribution in [0.1, 0.15) is 12.5 Å². The van der Waals surface area contributed by atoms with E-state index in [-0.39, 0.29) is 5.11 Å². The van der Waals surface area contributed by atoms with Crippen molar-refractivity contribution in [2.45, 2.75) is 20.0 Å². The maximum atomic E-state index is 12.5. The van der Waals surface area contributed by atoms with Gasteiger partial charge in [0.25, 0.3) is 5.91 Å². The number of ether oxygens (including phenoxy) is 1. The third-order valence-electron chi connectivity index (χ3n) is 4.81. The molecule has 2 N–H and O–H groups in total. The number of benzene rings is 3. The van der Waals surface area contributed by atoms with Crippen LogP contribution >= 0.6 is 47.0 Å². The second kappa shape index (κ2) is 10.2. The molecular weight excluding hydrogens is 517 g/mol. The van der Waals surface area contributed by atoms with Gasteiger partial charge >= 0.3 is 0 Å². The molecule has 1 aromatic heterocycles. The number of hydrogen-bond acceptors (Lipinski definition) is 5. The molecular formula is C24H18Cl3N3O3S. The first-order valence-electron chi connectivity index (χ1n) is 10.1. The zero-order valence-corrected chi connectivity index (χ0v) is 21.1. The Labute approximate surface area is 216 Å². The van der Waals surface area contributed by atoms with E-state index in [0.717, 1.165) is 11.1 Å². The van der Waals surface area contributed by atoms with Gasteiger partial charge in [0.05, 0.1) is 15.7 Å². The lowest BCUT2D eigenvalue weighted by Crippen LogP contribution is -2.42. The van der Waals surface area contributed by atoms with Crippen LogP contribution in [0.3, 0.4) is 0 Å². The molecule has 4 aromatic rings. The first-order chi connectivity index (χ1) is 16.2. The lowest BCUT2D eigenvalue weighted by molar-refractivity contribution is -0.125. The molecule has 34 heavy (non-hydrogen) atoms. The van der Waals surface area contributed by atoms with Gasteiger partial charge in [0, 0.05) is 10.6 Å². The molecule has 0 radical (unpaired) electrons. The summed E-state index contributed by atoms with van der Waals surface area (Å²) in [5.74, 6) is 0.305. The number of rotatable bonds is 5. The van der Waals surface area contributed by atoms with Gasteiger partial charge in [-0.3, -0.25) is 10.1 Å². The highest BCUT2D eigenvalue weighted by molar-refractivity contribution is 7.80. The fourth-order valence-corrected chi connectivity index (χ4v) is 3.93. The summed E-state index contributed by atoms with van der Waals surface area (Å²) in [5.41, 5.74) is 3.71. The number of aryl methyl sites for hydroxylation is 1. The monoisotopic (exact) mass is 533 g/mol. The molecule has 0 saturated carbocycles. The second-order valence-electron chi connectivity index (χ2n) is 7.46. The molecule has 0 saturated heterocycles. The highest BCUT2D eigenvalue weighted by Gasteiger charge is 2.18. The molecule has 4 rings (SSSR count). The van der Waals surface area contributed by atoms with Gasteiger partial charge in [0.15, 0.2) is 16.8 Å². The number of hydrogen-bond donors (Lipinski definition) is 2. The number of aromatic nitrogens is 1. The van der Waals surface area contributed by atoms with E-state index in [2.05, 4.69) is 15.6 Å². The van der Waals surface area contributed by atoms with Crippen LogP contribution in [-0.4, -0.2) is 22.1 Å². The van der Waals surface area contributed by atoms with E-state index < -0.39 is 12.0 Å². The summed E-state index contributed by atoms with van der Waals surface area (Å²) in [7, 11) is 0. The molecule has 6 nitrogen and oxygen atoms in total. The van der Waals surface area contributed by atoms with Crippen molar-refractivity contribution in [1.29, 1.82) is 0 Å². The summed E-state index contributed by atoms with van der Waals surface area (Å²) in [5, 5.41) is 6.73. The number of carbonyl (C=O) groups is 1. The van der Waals surface area contributed by atoms with E-state index >= 15 is 0 Å². The molecule has 0 bridgehead atoms. The molecule has 1 atom stereocenters. The smallest absolute Gasteiger partial charge is 0.266 e. The summed E-state index contributed by atoms with van der Waals surface area (Å²) >= 11 is 23.6. The van der Waals surface area contributed by atoms with E-state index in [0.29, 0.717) is 43.5 Å². The predicted molar refractivity (Wildman–Crippen MR) is 140 cm³/mol. The number of nitrogens with one attached hydrogen (secondary N) is 2. The third-order valence-corrected chi connectivity index (χ3v) is 5.87. The fourth-order valence-electron chi connectivity index (χ4n) is 3.10. The lowest BCUT2D eigenvalue weighted by atomic mass is 10.2. The molecule has 0 fully saturated rings. The van der Waals surface area contributed by atoms with E-state index in [1.165, 1.54) is 6.07 Å². The number of amides is 1. The number of oxazole rings is 1. The SMILES string of the molecule is Cc1ccc2oc(-c3ccc(Cl)c(NC(=S)NC(=O)C(C)Oc4ccc(Cl)cc4Cl)c3)nc2c1. The lowest BCUT2D eigenvalue weighted by Gasteiger charge is -2.17. The van der Waals surface area contributed by atoms with Gasteiger partial charge in [-0.1, -0.05) is 40.9 Å². The second-order valence-corrected chi connectivity index (χ2v) is 9.12. The van der Waals surface area contributed by atoms with E-state index in [9.17, 15) is 4.79 Å². The average molecular weight is 535 g/mol. The highest BCUT2D eigenvalue weighted by Crippen LogP contribution is 2.31. The maximum Gasteiger partial charge on any atom is 0.266 e. The number of thiocarbonyl (C=S) groups is 1. The van der Waals surface area contributed by atoms with Gasteiger partial charge in [-0.15, -0.1) is 0 Å². The normalized spacial score (nSPS) is 11.8. The summed E-state index contributed by atoms with van der Waals surface area (Å²) in [6, 6.07) is 15.7. The molecule has 1 amide bonds. The van der Waals surface area contributed by atoms with Crippen LogP contribution < -0.4 is 15.4 Å². The van der Waals surface area contributed by atoms with Crippen LogP contribution in [0.4, 0.5) is 5.69 Å². The number of carbonyl (C=O) groups excluding carboxylic acids is 1. The molecule has 0 aliphatic heterocycles. The zero-order valence-electron chi connectivity index (χ0n) is 18.0. The van der Waals surface area contributed by atoms with Crippen LogP contribution in [-0.2, 0) is 4.79 Å². The summed E-state index contributed by atoms with van der Waals surface area (Å²) in [6.07, 6.45) is -0.872. The number of halogens is 3. The van der Waals surface area contributed by atoms with Crippen molar-refractivity contribution in [2.24, 2.45) is 0 Å². The van der Waals surface area contributed by atoms with Crippen molar-refractivity contribution in [3.8, 4) is 17.2 Å². The van der Waals surface area contributed by atoms with Crippen molar-refractivity contribution in [1.82, 2.24) is 10.3 Å². The molecule has 10 heteroatoms. The topological polar surface area (TPSA) is 76.4 Å². The van der Waals surface area contributed by atoms with Crippen LogP contribution in [0.15, 0.2) is 59.0 Å². The minimum Gasteiger partial charge on any atom is -0.479 e. The zero-order chi connectivity index (χ0) is 24.4. The third kappa shape index (κ3) is 5.62. The van der Waals surface area contributed by atoms with Crippen molar-refractivity contribution >= 4 is 74.8 Å². The Balaban J connectivity index is 1.44. The Kier molecular flexibility index (Phi) is 7.28. The van der Waals surface area contributed by atoms with Crippen LogP contribution in [0.5, 0.6) is 5.75 Å². The van der Waals surface area contributed by atoms with E-state index in [4.69, 9.17) is 56.2 Å². The summed E-state index contributed by atoms with van der Waals surface area (Å²) in [4.78, 5) is 17.1. The van der Waals surface area contributed by atoms with Gasteiger partial charge in [0.2, 0.25) is 5.89 Å². The Morgan fingerprint density at radius 1 is 1.06 bits per heavy atom. The highest BCUT2D eigenvalue weighted by atomic mass is 35.5. The van der Waals surface area contributed by atoms with Crippen molar-refractivity contribution < 1.29 is 13.9 Å². The molecule has 1 unspecified atom stereocenters. The number of fused-ring (bicyclic) bond motifs is 1. The minimum absolute atomic E-state index is 0.0508. The van der Waals surface area contributed by atoms with Gasteiger partial charge < -0.3 is 14.5 Å².